The van der Waals surface area contributed by atoms with Crippen LogP contribution in [0, 0.1) is 13.8 Å². The minimum absolute atomic E-state index is 0.167. The number of hydrogen-bond donors (Lipinski definition) is 1. The van der Waals surface area contributed by atoms with E-state index < -0.39 is 28.8 Å². The highest BCUT2D eigenvalue weighted by molar-refractivity contribution is 5.92. The smallest absolute Gasteiger partial charge is 0.351 e. The first-order chi connectivity index (χ1) is 14.2. The topological polar surface area (TPSA) is 103 Å². The fourth-order valence-electron chi connectivity index (χ4n) is 2.81. The summed E-state index contributed by atoms with van der Waals surface area (Å²) in [4.78, 5) is 28.6. The molecule has 0 aliphatic carbocycles. The molecule has 2 aromatic heterocycles. The summed E-state index contributed by atoms with van der Waals surface area (Å²) in [5.74, 6) is 0.138. The third kappa shape index (κ3) is 4.73. The van der Waals surface area contributed by atoms with Gasteiger partial charge in [-0.3, -0.25) is 9.59 Å². The largest absolute Gasteiger partial charge is 0.418 e. The van der Waals surface area contributed by atoms with Gasteiger partial charge in [-0.1, -0.05) is 17.3 Å². The maximum atomic E-state index is 13.4. The number of amides is 1. The van der Waals surface area contributed by atoms with Gasteiger partial charge in [-0.15, -0.1) is 0 Å². The van der Waals surface area contributed by atoms with E-state index in [-0.39, 0.29) is 17.9 Å². The van der Waals surface area contributed by atoms with Gasteiger partial charge in [0.1, 0.15) is 0 Å². The van der Waals surface area contributed by atoms with Crippen LogP contribution in [0.15, 0.2) is 39.6 Å². The summed E-state index contributed by atoms with van der Waals surface area (Å²) in [7, 11) is 0. The highest BCUT2D eigenvalue weighted by atomic mass is 19.4. The summed E-state index contributed by atoms with van der Waals surface area (Å²) >= 11 is 0. The fraction of sp³-hybridized carbons (Fsp3) is 0.316. The van der Waals surface area contributed by atoms with Crippen molar-refractivity contribution in [3.63, 3.8) is 0 Å². The molecule has 0 unspecified atom stereocenters. The molecule has 0 aliphatic rings. The predicted molar refractivity (Wildman–Crippen MR) is 99.3 cm³/mol. The molecule has 0 atom stereocenters. The van der Waals surface area contributed by atoms with Gasteiger partial charge >= 0.3 is 6.18 Å². The van der Waals surface area contributed by atoms with Gasteiger partial charge in [0.15, 0.2) is 11.5 Å². The number of rotatable bonds is 6. The molecule has 1 amide bonds. The van der Waals surface area contributed by atoms with Crippen LogP contribution >= 0.6 is 0 Å². The molecule has 0 radical (unpaired) electrons. The van der Waals surface area contributed by atoms with Crippen molar-refractivity contribution in [2.45, 2.75) is 32.9 Å². The molecule has 0 bridgehead atoms. The molecule has 0 spiro atoms. The summed E-state index contributed by atoms with van der Waals surface area (Å²) < 4.78 is 46.0. The van der Waals surface area contributed by atoms with Gasteiger partial charge in [-0.05, 0) is 32.4 Å². The Labute approximate surface area is 168 Å². The lowest BCUT2D eigenvalue weighted by atomic mass is 10.1. The number of nitrogens with one attached hydrogen (secondary N) is 1. The molecule has 1 N–H and O–H groups in total. The molecular weight excluding hydrogens is 403 g/mol. The summed E-state index contributed by atoms with van der Waals surface area (Å²) in [6.07, 6.45) is -3.74. The second kappa shape index (κ2) is 8.47. The first-order valence-electron chi connectivity index (χ1n) is 9.02. The number of carbonyl (C=O) groups excluding carboxylic acids is 1. The molecule has 3 rings (SSSR count). The lowest BCUT2D eigenvalue weighted by Crippen LogP contribution is -2.33. The van der Waals surface area contributed by atoms with E-state index in [4.69, 9.17) is 4.52 Å². The number of alkyl halides is 3. The quantitative estimate of drug-likeness (QED) is 0.614. The summed E-state index contributed by atoms with van der Waals surface area (Å²) in [5, 5.41) is 10.1. The lowest BCUT2D eigenvalue weighted by Gasteiger charge is -2.16. The van der Waals surface area contributed by atoms with Crippen molar-refractivity contribution in [3.8, 4) is 5.69 Å². The molecule has 30 heavy (non-hydrogen) atoms. The zero-order valence-electron chi connectivity index (χ0n) is 16.2. The average molecular weight is 421 g/mol. The molecule has 8 nitrogen and oxygen atoms in total. The number of hydrogen-bond acceptors (Lipinski definition) is 6. The SMILES string of the molecule is Cc1noc(CCCNC(=O)c2nn(-c3ccccc3C(F)(F)F)c(C)cc2=O)n1. The van der Waals surface area contributed by atoms with Crippen LogP contribution in [0.5, 0.6) is 0 Å². The Hall–Kier alpha value is -3.50. The van der Waals surface area contributed by atoms with Crippen molar-refractivity contribution in [1.29, 1.82) is 0 Å². The van der Waals surface area contributed by atoms with Crippen LogP contribution in [0.25, 0.3) is 5.69 Å². The second-order valence-corrected chi connectivity index (χ2v) is 6.52. The van der Waals surface area contributed by atoms with Crippen LogP contribution in [-0.4, -0.2) is 32.4 Å². The molecule has 11 heteroatoms. The molecule has 1 aromatic carbocycles. The first-order valence-corrected chi connectivity index (χ1v) is 9.02. The number of aryl methyl sites for hydroxylation is 3. The predicted octanol–water partition coefficient (Wildman–Crippen LogP) is 2.61. The van der Waals surface area contributed by atoms with E-state index in [9.17, 15) is 22.8 Å². The Morgan fingerprint density at radius 1 is 1.23 bits per heavy atom. The summed E-state index contributed by atoms with van der Waals surface area (Å²) in [6.45, 7) is 3.31. The van der Waals surface area contributed by atoms with Crippen LogP contribution in [-0.2, 0) is 12.6 Å². The molecule has 0 saturated heterocycles. The van der Waals surface area contributed by atoms with Gasteiger partial charge in [-0.25, -0.2) is 4.68 Å². The van der Waals surface area contributed by atoms with E-state index in [2.05, 4.69) is 20.6 Å². The van der Waals surface area contributed by atoms with Crippen molar-refractivity contribution < 1.29 is 22.5 Å². The van der Waals surface area contributed by atoms with E-state index >= 15 is 0 Å². The van der Waals surface area contributed by atoms with E-state index in [1.165, 1.54) is 25.1 Å². The van der Waals surface area contributed by atoms with Crippen LogP contribution in [0.2, 0.25) is 0 Å². The van der Waals surface area contributed by atoms with Crippen LogP contribution in [0.3, 0.4) is 0 Å². The Morgan fingerprint density at radius 2 is 1.97 bits per heavy atom. The number of carbonyl (C=O) groups is 1. The Kier molecular flexibility index (Phi) is 5.99. The zero-order valence-corrected chi connectivity index (χ0v) is 16.2. The second-order valence-electron chi connectivity index (χ2n) is 6.52. The number of halogens is 3. The number of aromatic nitrogens is 4. The zero-order chi connectivity index (χ0) is 21.9. The molecule has 0 aliphatic heterocycles. The standard InChI is InChI=1S/C19H18F3N5O3/c1-11-10-15(28)17(18(29)23-9-5-8-16-24-12(2)26-30-16)25-27(11)14-7-4-3-6-13(14)19(20,21)22/h3-4,6-7,10H,5,8-9H2,1-2H3,(H,23,29). The van der Waals surface area contributed by atoms with Gasteiger partial charge in [-0.2, -0.15) is 23.3 Å². The fourth-order valence-corrected chi connectivity index (χ4v) is 2.81. The van der Waals surface area contributed by atoms with Crippen LogP contribution in [0.4, 0.5) is 13.2 Å². The third-order valence-corrected chi connectivity index (χ3v) is 4.18. The number of nitrogens with zero attached hydrogens (tertiary/aromatic N) is 4. The highest BCUT2D eigenvalue weighted by Gasteiger charge is 2.34. The van der Waals surface area contributed by atoms with Crippen molar-refractivity contribution >= 4 is 5.91 Å². The van der Waals surface area contributed by atoms with Crippen molar-refractivity contribution in [2.75, 3.05) is 6.54 Å². The maximum absolute atomic E-state index is 13.4. The van der Waals surface area contributed by atoms with Crippen LogP contribution < -0.4 is 10.7 Å². The van der Waals surface area contributed by atoms with Crippen molar-refractivity contribution in [1.82, 2.24) is 25.2 Å². The van der Waals surface area contributed by atoms with E-state index in [0.29, 0.717) is 24.6 Å². The van der Waals surface area contributed by atoms with E-state index in [1.807, 2.05) is 0 Å². The molecule has 0 saturated carbocycles. The van der Waals surface area contributed by atoms with Gasteiger partial charge in [0, 0.05) is 24.7 Å². The van der Waals surface area contributed by atoms with Crippen molar-refractivity contribution in [2.24, 2.45) is 0 Å². The normalized spacial score (nSPS) is 11.5. The Bertz CT molecular complexity index is 1120. The van der Waals surface area contributed by atoms with E-state index in [1.54, 1.807) is 6.92 Å². The van der Waals surface area contributed by atoms with Crippen molar-refractivity contribution in [3.05, 3.63) is 69.2 Å². The Balaban J connectivity index is 1.80. The van der Waals surface area contributed by atoms with E-state index in [0.717, 1.165) is 16.8 Å². The summed E-state index contributed by atoms with van der Waals surface area (Å²) in [5.41, 5.74) is -2.21. The van der Waals surface area contributed by atoms with Gasteiger partial charge < -0.3 is 9.84 Å². The lowest BCUT2D eigenvalue weighted by molar-refractivity contribution is -0.137. The maximum Gasteiger partial charge on any atom is 0.418 e. The van der Waals surface area contributed by atoms with Gasteiger partial charge in [0.05, 0.1) is 11.3 Å². The third-order valence-electron chi connectivity index (χ3n) is 4.18. The summed E-state index contributed by atoms with van der Waals surface area (Å²) in [6, 6.07) is 5.89. The number of para-hydroxylation sites is 1. The van der Waals surface area contributed by atoms with Gasteiger partial charge in [0.25, 0.3) is 5.91 Å². The monoisotopic (exact) mass is 421 g/mol. The average Bonchev–Trinajstić information content (AvgIpc) is 3.09. The molecule has 3 aromatic rings. The minimum atomic E-state index is -4.62. The molecule has 2 heterocycles. The molecular formula is C19H18F3N5O3. The Morgan fingerprint density at radius 3 is 2.63 bits per heavy atom. The molecule has 0 fully saturated rings. The van der Waals surface area contributed by atoms with Crippen LogP contribution in [0.1, 0.15) is 39.9 Å². The molecule has 158 valence electrons. The number of benzene rings is 1. The first kappa shape index (κ1) is 21.2. The van der Waals surface area contributed by atoms with Gasteiger partial charge in [0.2, 0.25) is 11.3 Å². The minimum Gasteiger partial charge on any atom is -0.351 e. The highest BCUT2D eigenvalue weighted by Crippen LogP contribution is 2.33.